The van der Waals surface area contributed by atoms with Crippen molar-refractivity contribution in [3.05, 3.63) is 0 Å². The number of hydrogen-bond acceptors (Lipinski definition) is 6. The molecular weight excluding hydrogens is 286 g/mol. The summed E-state index contributed by atoms with van der Waals surface area (Å²) in [7, 11) is -1.75. The summed E-state index contributed by atoms with van der Waals surface area (Å²) in [5.74, 6) is -0.210. The number of aromatic nitrogens is 3. The number of piperidine rings is 1. The molecule has 1 amide bonds. The van der Waals surface area contributed by atoms with E-state index < -0.39 is 10.0 Å². The molecule has 10 heteroatoms. The quantitative estimate of drug-likeness (QED) is 0.768. The number of carbonyl (C=O) groups excluding carboxylic acids is 1. The summed E-state index contributed by atoms with van der Waals surface area (Å²) >= 11 is 0. The van der Waals surface area contributed by atoms with Crippen LogP contribution in [0.4, 0.5) is 5.95 Å². The van der Waals surface area contributed by atoms with E-state index in [0.717, 1.165) is 0 Å². The van der Waals surface area contributed by atoms with Crippen molar-refractivity contribution >= 4 is 21.9 Å². The van der Waals surface area contributed by atoms with Crippen LogP contribution in [0.3, 0.4) is 0 Å². The third-order valence-electron chi connectivity index (χ3n) is 3.18. The predicted octanol–water partition coefficient (Wildman–Crippen LogP) is -0.577. The topological polar surface area (TPSA) is 117 Å². The monoisotopic (exact) mass is 303 g/mol. The Bertz CT molecular complexity index is 576. The van der Waals surface area contributed by atoms with E-state index in [2.05, 4.69) is 20.5 Å². The second-order valence-corrected chi connectivity index (χ2v) is 6.58. The Kier molecular flexibility index (Phi) is 4.23. The van der Waals surface area contributed by atoms with E-state index in [-0.39, 0.29) is 23.8 Å². The molecule has 2 heterocycles. The van der Waals surface area contributed by atoms with Crippen molar-refractivity contribution in [2.75, 3.05) is 31.8 Å². The van der Waals surface area contributed by atoms with Crippen LogP contribution in [0.2, 0.25) is 0 Å². The first-order chi connectivity index (χ1) is 9.40. The maximum Gasteiger partial charge on any atom is 0.336 e. The van der Waals surface area contributed by atoms with Crippen LogP contribution in [0.1, 0.15) is 12.8 Å². The molecule has 2 rings (SSSR count). The van der Waals surface area contributed by atoms with Gasteiger partial charge < -0.3 is 4.74 Å². The van der Waals surface area contributed by atoms with E-state index in [1.165, 1.54) is 17.7 Å². The summed E-state index contributed by atoms with van der Waals surface area (Å²) in [5.41, 5.74) is 0. The molecule has 2 N–H and O–H groups in total. The first kappa shape index (κ1) is 14.7. The van der Waals surface area contributed by atoms with Gasteiger partial charge in [-0.1, -0.05) is 0 Å². The molecule has 1 aliphatic rings. The Hall–Kier alpha value is -1.68. The molecule has 0 radical (unpaired) electrons. The number of aromatic amines is 1. The predicted molar refractivity (Wildman–Crippen MR) is 70.7 cm³/mol. The normalized spacial score (nSPS) is 17.9. The molecule has 0 bridgehead atoms. The van der Waals surface area contributed by atoms with Crippen molar-refractivity contribution in [2.45, 2.75) is 12.8 Å². The minimum atomic E-state index is -3.18. The van der Waals surface area contributed by atoms with Crippen molar-refractivity contribution in [2.24, 2.45) is 5.92 Å². The first-order valence-corrected chi connectivity index (χ1v) is 7.97. The van der Waals surface area contributed by atoms with Gasteiger partial charge in [-0.25, -0.2) is 17.8 Å². The number of carbonyl (C=O) groups is 1. The summed E-state index contributed by atoms with van der Waals surface area (Å²) in [4.78, 5) is 15.9. The Labute approximate surface area is 116 Å². The number of H-pyrrole nitrogens is 1. The van der Waals surface area contributed by atoms with Gasteiger partial charge in [0.2, 0.25) is 21.9 Å². The Morgan fingerprint density at radius 1 is 1.45 bits per heavy atom. The average Bonchev–Trinajstić information content (AvgIpc) is 2.85. The van der Waals surface area contributed by atoms with Crippen LogP contribution in [0.15, 0.2) is 0 Å². The second-order valence-electron chi connectivity index (χ2n) is 4.60. The third kappa shape index (κ3) is 3.45. The lowest BCUT2D eigenvalue weighted by atomic mass is 9.97. The van der Waals surface area contributed by atoms with Crippen LogP contribution in [0.5, 0.6) is 6.01 Å². The van der Waals surface area contributed by atoms with E-state index in [9.17, 15) is 13.2 Å². The Morgan fingerprint density at radius 3 is 2.60 bits per heavy atom. The van der Waals surface area contributed by atoms with Crippen molar-refractivity contribution in [3.8, 4) is 6.01 Å². The highest BCUT2D eigenvalue weighted by atomic mass is 32.2. The van der Waals surface area contributed by atoms with Crippen molar-refractivity contribution in [1.82, 2.24) is 19.5 Å². The smallest absolute Gasteiger partial charge is 0.336 e. The highest BCUT2D eigenvalue weighted by Crippen LogP contribution is 2.20. The zero-order chi connectivity index (χ0) is 14.8. The molecule has 20 heavy (non-hydrogen) atoms. The van der Waals surface area contributed by atoms with Gasteiger partial charge in [0, 0.05) is 19.0 Å². The zero-order valence-electron chi connectivity index (χ0n) is 11.3. The second kappa shape index (κ2) is 5.75. The van der Waals surface area contributed by atoms with Gasteiger partial charge in [-0.15, -0.1) is 5.10 Å². The number of rotatable bonds is 4. The van der Waals surface area contributed by atoms with Gasteiger partial charge in [-0.3, -0.25) is 10.1 Å². The van der Waals surface area contributed by atoms with E-state index in [1.54, 1.807) is 0 Å². The fourth-order valence-electron chi connectivity index (χ4n) is 2.06. The molecular formula is C10H17N5O4S. The van der Waals surface area contributed by atoms with Gasteiger partial charge in [-0.2, -0.15) is 4.98 Å². The minimum Gasteiger partial charge on any atom is -0.466 e. The van der Waals surface area contributed by atoms with Gasteiger partial charge in [0.15, 0.2) is 0 Å². The molecule has 0 atom stereocenters. The van der Waals surface area contributed by atoms with Crippen LogP contribution in [0, 0.1) is 5.92 Å². The SMILES string of the molecule is COc1n[nH]c(NC(=O)C2CCN(S(C)(=O)=O)CC2)n1. The standard InChI is InChI=1S/C10H17N5O4S/c1-19-10-12-9(13-14-10)11-8(16)7-3-5-15(6-4-7)20(2,17)18/h7H,3-6H2,1-2H3,(H2,11,12,13,14,16). The van der Waals surface area contributed by atoms with Crippen molar-refractivity contribution < 1.29 is 17.9 Å². The van der Waals surface area contributed by atoms with E-state index in [1.807, 2.05) is 0 Å². The molecule has 1 aromatic heterocycles. The molecule has 112 valence electrons. The minimum absolute atomic E-state index is 0.146. The van der Waals surface area contributed by atoms with E-state index >= 15 is 0 Å². The molecule has 1 aromatic rings. The highest BCUT2D eigenvalue weighted by molar-refractivity contribution is 7.88. The average molecular weight is 303 g/mol. The molecule has 1 aliphatic heterocycles. The number of hydrogen-bond donors (Lipinski definition) is 2. The van der Waals surface area contributed by atoms with Crippen molar-refractivity contribution in [3.63, 3.8) is 0 Å². The molecule has 9 nitrogen and oxygen atoms in total. The first-order valence-electron chi connectivity index (χ1n) is 6.12. The Balaban J connectivity index is 1.89. The summed E-state index contributed by atoms with van der Waals surface area (Å²) in [5, 5.41) is 8.86. The fourth-order valence-corrected chi connectivity index (χ4v) is 2.94. The largest absolute Gasteiger partial charge is 0.466 e. The van der Waals surface area contributed by atoms with Crippen LogP contribution in [0.25, 0.3) is 0 Å². The number of nitrogens with one attached hydrogen (secondary N) is 2. The summed E-state index contributed by atoms with van der Waals surface area (Å²) < 4.78 is 28.9. The third-order valence-corrected chi connectivity index (χ3v) is 4.49. The van der Waals surface area contributed by atoms with Gasteiger partial charge in [0.05, 0.1) is 13.4 Å². The molecule has 0 saturated carbocycles. The summed E-state index contributed by atoms with van der Waals surface area (Å²) in [6.45, 7) is 0.716. The summed E-state index contributed by atoms with van der Waals surface area (Å²) in [6.07, 6.45) is 2.16. The summed E-state index contributed by atoms with van der Waals surface area (Å²) in [6, 6.07) is 0.146. The Morgan fingerprint density at radius 2 is 2.10 bits per heavy atom. The van der Waals surface area contributed by atoms with E-state index in [0.29, 0.717) is 25.9 Å². The fraction of sp³-hybridized carbons (Fsp3) is 0.700. The lowest BCUT2D eigenvalue weighted by Gasteiger charge is -2.29. The molecule has 0 aromatic carbocycles. The van der Waals surface area contributed by atoms with Crippen LogP contribution < -0.4 is 10.1 Å². The number of anilines is 1. The number of methoxy groups -OCH3 is 1. The van der Waals surface area contributed by atoms with E-state index in [4.69, 9.17) is 4.74 Å². The maximum atomic E-state index is 12.0. The van der Waals surface area contributed by atoms with Crippen LogP contribution in [-0.2, 0) is 14.8 Å². The molecule has 0 spiro atoms. The number of nitrogens with zero attached hydrogens (tertiary/aromatic N) is 3. The van der Waals surface area contributed by atoms with Crippen LogP contribution in [-0.4, -0.2) is 60.3 Å². The number of ether oxygens (including phenoxy) is 1. The maximum absolute atomic E-state index is 12.0. The zero-order valence-corrected chi connectivity index (χ0v) is 12.1. The lowest BCUT2D eigenvalue weighted by Crippen LogP contribution is -2.41. The van der Waals surface area contributed by atoms with Gasteiger partial charge in [-0.05, 0) is 12.8 Å². The van der Waals surface area contributed by atoms with Crippen LogP contribution >= 0.6 is 0 Å². The highest BCUT2D eigenvalue weighted by Gasteiger charge is 2.29. The molecule has 1 fully saturated rings. The molecule has 0 aliphatic carbocycles. The molecule has 1 saturated heterocycles. The molecule has 0 unspecified atom stereocenters. The number of amides is 1. The van der Waals surface area contributed by atoms with Crippen molar-refractivity contribution in [1.29, 1.82) is 0 Å². The number of sulfonamides is 1. The van der Waals surface area contributed by atoms with Gasteiger partial charge in [0.1, 0.15) is 0 Å². The van der Waals surface area contributed by atoms with Gasteiger partial charge in [0.25, 0.3) is 0 Å². The lowest BCUT2D eigenvalue weighted by molar-refractivity contribution is -0.121. The van der Waals surface area contributed by atoms with Gasteiger partial charge >= 0.3 is 6.01 Å².